The van der Waals surface area contributed by atoms with Gasteiger partial charge in [-0.2, -0.15) is 0 Å². The molecule has 6 aliphatic rings. The second-order valence-corrected chi connectivity index (χ2v) is 9.51. The van der Waals surface area contributed by atoms with Gasteiger partial charge < -0.3 is 9.84 Å². The third-order valence-electron chi connectivity index (χ3n) is 8.46. The third kappa shape index (κ3) is 1.81. The number of hydrogen-bond donors (Lipinski definition) is 1. The third-order valence-corrected chi connectivity index (χ3v) is 8.46. The van der Waals surface area contributed by atoms with E-state index in [0.717, 1.165) is 37.2 Å². The van der Waals surface area contributed by atoms with Crippen LogP contribution in [0.15, 0.2) is 30.3 Å². The van der Waals surface area contributed by atoms with E-state index in [0.29, 0.717) is 24.4 Å². The molecule has 1 N–H and O–H groups in total. The first-order valence-corrected chi connectivity index (χ1v) is 10.5. The Bertz CT molecular complexity index is 703. The molecular formula is C23H30O3. The lowest BCUT2D eigenvalue weighted by atomic mass is 9.25. The molecule has 3 nitrogen and oxygen atoms in total. The van der Waals surface area contributed by atoms with Crippen molar-refractivity contribution in [1.82, 2.24) is 0 Å². The maximum atomic E-state index is 13.5. The van der Waals surface area contributed by atoms with Gasteiger partial charge in [-0.3, -0.25) is 4.79 Å². The van der Waals surface area contributed by atoms with Crippen LogP contribution in [0.5, 0.6) is 0 Å². The van der Waals surface area contributed by atoms with Crippen LogP contribution in [0.4, 0.5) is 0 Å². The van der Waals surface area contributed by atoms with Crippen molar-refractivity contribution in [2.75, 3.05) is 6.61 Å². The molecule has 0 saturated heterocycles. The van der Waals surface area contributed by atoms with Gasteiger partial charge in [0.15, 0.2) is 0 Å². The number of carbonyl (C=O) groups is 1. The average molecular weight is 354 g/mol. The standard InChI is InChI=1S/C23H30O3/c1-3-14(2)13-26-21(24)22-18-10-15-9-16(12-18)20(19(22)11-15)23(22,25)17-7-5-4-6-8-17/h4-8,14-16,18-20,25H,3,9-13H2,1-2H3/t14-,15-,16+,18-,19+,20-,22+,23?/m0/s1. The number of benzene rings is 1. The molecule has 6 aliphatic carbocycles. The average Bonchev–Trinajstić information content (AvgIpc) is 2.65. The molecule has 6 fully saturated rings. The van der Waals surface area contributed by atoms with Crippen molar-refractivity contribution in [1.29, 1.82) is 0 Å². The minimum Gasteiger partial charge on any atom is -0.465 e. The monoisotopic (exact) mass is 354 g/mol. The molecule has 1 unspecified atom stereocenters. The summed E-state index contributed by atoms with van der Waals surface area (Å²) in [5.74, 6) is 2.41. The van der Waals surface area contributed by atoms with Crippen molar-refractivity contribution in [3.63, 3.8) is 0 Å². The molecule has 3 heteroatoms. The van der Waals surface area contributed by atoms with Gasteiger partial charge in [-0.1, -0.05) is 50.6 Å². The summed E-state index contributed by atoms with van der Waals surface area (Å²) in [5, 5.41) is 12.1. The van der Waals surface area contributed by atoms with Crippen LogP contribution in [-0.4, -0.2) is 17.7 Å². The number of rotatable bonds is 5. The van der Waals surface area contributed by atoms with Crippen LogP contribution >= 0.6 is 0 Å². The summed E-state index contributed by atoms with van der Waals surface area (Å²) in [5.41, 5.74) is -0.818. The van der Waals surface area contributed by atoms with E-state index >= 15 is 0 Å². The summed E-state index contributed by atoms with van der Waals surface area (Å²) in [6.45, 7) is 4.72. The maximum Gasteiger partial charge on any atom is 0.315 e. The Kier molecular flexibility index (Phi) is 3.60. The number of aliphatic hydroxyl groups is 1. The summed E-state index contributed by atoms with van der Waals surface area (Å²) in [7, 11) is 0. The molecule has 1 aromatic carbocycles. The highest BCUT2D eigenvalue weighted by molar-refractivity contribution is 5.83. The minimum atomic E-state index is -1.04. The van der Waals surface area contributed by atoms with E-state index in [1.807, 2.05) is 30.3 Å². The van der Waals surface area contributed by atoms with E-state index < -0.39 is 11.0 Å². The van der Waals surface area contributed by atoms with Gasteiger partial charge in [0.1, 0.15) is 11.0 Å². The van der Waals surface area contributed by atoms with Crippen LogP contribution in [-0.2, 0) is 15.1 Å². The van der Waals surface area contributed by atoms with Crippen LogP contribution < -0.4 is 0 Å². The molecule has 140 valence electrons. The Morgan fingerprint density at radius 3 is 2.69 bits per heavy atom. The van der Waals surface area contributed by atoms with Gasteiger partial charge in [0.25, 0.3) is 0 Å². The van der Waals surface area contributed by atoms with Crippen molar-refractivity contribution in [2.45, 2.75) is 51.6 Å². The van der Waals surface area contributed by atoms with Crippen molar-refractivity contribution in [3.05, 3.63) is 35.9 Å². The fraction of sp³-hybridized carbons (Fsp3) is 0.696. The van der Waals surface area contributed by atoms with Crippen molar-refractivity contribution in [3.8, 4) is 0 Å². The molecular weight excluding hydrogens is 324 g/mol. The quantitative estimate of drug-likeness (QED) is 0.808. The highest BCUT2D eigenvalue weighted by Crippen LogP contribution is 2.81. The minimum absolute atomic E-state index is 0.116. The van der Waals surface area contributed by atoms with Crippen LogP contribution in [0.3, 0.4) is 0 Å². The molecule has 0 radical (unpaired) electrons. The lowest BCUT2D eigenvalue weighted by molar-refractivity contribution is -0.367. The van der Waals surface area contributed by atoms with Crippen LogP contribution in [0.2, 0.25) is 0 Å². The van der Waals surface area contributed by atoms with E-state index in [4.69, 9.17) is 4.74 Å². The van der Waals surface area contributed by atoms with Gasteiger partial charge in [-0.25, -0.2) is 0 Å². The molecule has 26 heavy (non-hydrogen) atoms. The summed E-state index contributed by atoms with van der Waals surface area (Å²) < 4.78 is 5.88. The second kappa shape index (κ2) is 5.58. The van der Waals surface area contributed by atoms with Gasteiger partial charge in [-0.15, -0.1) is 0 Å². The van der Waals surface area contributed by atoms with E-state index in [9.17, 15) is 9.90 Å². The number of carbonyl (C=O) groups excluding carboxylic acids is 1. The zero-order chi connectivity index (χ0) is 18.1. The molecule has 6 saturated carbocycles. The SMILES string of the molecule is CC[C@H](C)COC(=O)[C@@]12[C@H]3C[C@@H]4C[C@H](C3)[C@@H]([C@H]1C4)C2(O)c1ccccc1. The first-order chi connectivity index (χ1) is 12.5. The Morgan fingerprint density at radius 2 is 2.00 bits per heavy atom. The predicted molar refractivity (Wildman–Crippen MR) is 99.1 cm³/mol. The largest absolute Gasteiger partial charge is 0.465 e. The lowest BCUT2D eigenvalue weighted by Gasteiger charge is -2.78. The van der Waals surface area contributed by atoms with E-state index in [1.54, 1.807) is 0 Å². The van der Waals surface area contributed by atoms with Gasteiger partial charge >= 0.3 is 5.97 Å². The van der Waals surface area contributed by atoms with Crippen LogP contribution in [0.1, 0.15) is 51.5 Å². The molecule has 6 bridgehead atoms. The Morgan fingerprint density at radius 1 is 1.23 bits per heavy atom. The summed E-state index contributed by atoms with van der Waals surface area (Å²) >= 11 is 0. The maximum absolute atomic E-state index is 13.5. The first kappa shape index (κ1) is 16.8. The summed E-state index contributed by atoms with van der Waals surface area (Å²) in [4.78, 5) is 13.5. The summed E-state index contributed by atoms with van der Waals surface area (Å²) in [6, 6.07) is 9.98. The predicted octanol–water partition coefficient (Wildman–Crippen LogP) is 4.15. The summed E-state index contributed by atoms with van der Waals surface area (Å²) in [6.07, 6.45) is 5.54. The fourth-order valence-electron chi connectivity index (χ4n) is 7.41. The molecule has 7 rings (SSSR count). The van der Waals surface area contributed by atoms with Gasteiger partial charge in [-0.05, 0) is 66.8 Å². The normalized spacial score (nSPS) is 45.9. The Hall–Kier alpha value is -1.35. The molecule has 8 atom stereocenters. The topological polar surface area (TPSA) is 46.5 Å². The van der Waals surface area contributed by atoms with Crippen LogP contribution in [0.25, 0.3) is 0 Å². The zero-order valence-corrected chi connectivity index (χ0v) is 15.9. The van der Waals surface area contributed by atoms with Crippen molar-refractivity contribution >= 4 is 5.97 Å². The highest BCUT2D eigenvalue weighted by Gasteiger charge is 2.84. The molecule has 0 heterocycles. The molecule has 0 amide bonds. The highest BCUT2D eigenvalue weighted by atomic mass is 16.5. The van der Waals surface area contributed by atoms with Crippen molar-refractivity contribution in [2.24, 2.45) is 40.9 Å². The fourth-order valence-corrected chi connectivity index (χ4v) is 7.41. The van der Waals surface area contributed by atoms with Gasteiger partial charge in [0, 0.05) is 0 Å². The van der Waals surface area contributed by atoms with E-state index in [2.05, 4.69) is 13.8 Å². The van der Waals surface area contributed by atoms with Crippen molar-refractivity contribution < 1.29 is 14.6 Å². The number of hydrogen-bond acceptors (Lipinski definition) is 3. The Balaban J connectivity index is 1.57. The van der Waals surface area contributed by atoms with E-state index in [-0.39, 0.29) is 17.8 Å². The molecule has 0 aliphatic heterocycles. The molecule has 0 aromatic heterocycles. The zero-order valence-electron chi connectivity index (χ0n) is 15.9. The lowest BCUT2D eigenvalue weighted by Crippen LogP contribution is -2.82. The Labute approximate surface area is 156 Å². The number of esters is 1. The second-order valence-electron chi connectivity index (χ2n) is 9.51. The molecule has 0 spiro atoms. The molecule has 1 aromatic rings. The van der Waals surface area contributed by atoms with E-state index in [1.165, 1.54) is 6.42 Å². The first-order valence-electron chi connectivity index (χ1n) is 10.5. The smallest absolute Gasteiger partial charge is 0.315 e. The van der Waals surface area contributed by atoms with Crippen LogP contribution in [0, 0.1) is 40.9 Å². The number of ether oxygens (including phenoxy) is 1. The van der Waals surface area contributed by atoms with Gasteiger partial charge in [0.05, 0.1) is 6.61 Å². The van der Waals surface area contributed by atoms with Gasteiger partial charge in [0.2, 0.25) is 0 Å².